The Morgan fingerprint density at radius 1 is 1.29 bits per heavy atom. The van der Waals surface area contributed by atoms with E-state index in [-0.39, 0.29) is 0 Å². The van der Waals surface area contributed by atoms with Gasteiger partial charge in [-0.3, -0.25) is 0 Å². The number of rotatable bonds is 4. The molecule has 4 heteroatoms. The standard InChI is InChI=1S/C13H17NO2S/c1-10-3-5-13(6-4-10)17(15,16)14-9-12-7-11(2)8-12/h3-6,12,14H,2,7-9H2,1H3. The fraction of sp³-hybridized carbons (Fsp3) is 0.385. The Morgan fingerprint density at radius 2 is 1.88 bits per heavy atom. The van der Waals surface area contributed by atoms with Crippen molar-refractivity contribution < 1.29 is 8.42 Å². The van der Waals surface area contributed by atoms with Crippen LogP contribution >= 0.6 is 0 Å². The summed E-state index contributed by atoms with van der Waals surface area (Å²) in [4.78, 5) is 0.334. The minimum absolute atomic E-state index is 0.334. The molecule has 0 radical (unpaired) electrons. The molecular weight excluding hydrogens is 234 g/mol. The van der Waals surface area contributed by atoms with Crippen LogP contribution in [0.15, 0.2) is 41.3 Å². The van der Waals surface area contributed by atoms with Crippen LogP contribution in [0.3, 0.4) is 0 Å². The number of allylic oxidation sites excluding steroid dienone is 1. The third kappa shape index (κ3) is 2.96. The molecule has 1 fully saturated rings. The fourth-order valence-corrected chi connectivity index (χ4v) is 3.05. The molecule has 1 aromatic carbocycles. The van der Waals surface area contributed by atoms with E-state index in [1.54, 1.807) is 24.3 Å². The van der Waals surface area contributed by atoms with Crippen LogP contribution in [0.1, 0.15) is 18.4 Å². The van der Waals surface area contributed by atoms with Gasteiger partial charge in [-0.2, -0.15) is 0 Å². The van der Waals surface area contributed by atoms with Gasteiger partial charge in [-0.25, -0.2) is 13.1 Å². The first-order valence-corrected chi connectivity index (χ1v) is 7.19. The van der Waals surface area contributed by atoms with Gasteiger partial charge in [-0.1, -0.05) is 29.8 Å². The van der Waals surface area contributed by atoms with Crippen LogP contribution in [0, 0.1) is 12.8 Å². The molecule has 92 valence electrons. The number of nitrogens with one attached hydrogen (secondary N) is 1. The molecule has 17 heavy (non-hydrogen) atoms. The van der Waals surface area contributed by atoms with Gasteiger partial charge >= 0.3 is 0 Å². The molecule has 1 aliphatic rings. The fourth-order valence-electron chi connectivity index (χ4n) is 1.93. The summed E-state index contributed by atoms with van der Waals surface area (Å²) in [6.45, 7) is 6.29. The van der Waals surface area contributed by atoms with E-state index in [2.05, 4.69) is 11.3 Å². The molecule has 0 saturated heterocycles. The quantitative estimate of drug-likeness (QED) is 0.834. The first kappa shape index (κ1) is 12.3. The molecule has 1 aromatic rings. The Morgan fingerprint density at radius 3 is 2.41 bits per heavy atom. The van der Waals surface area contributed by atoms with Gasteiger partial charge in [0.15, 0.2) is 0 Å². The summed E-state index contributed by atoms with van der Waals surface area (Å²) in [5.74, 6) is 0.419. The topological polar surface area (TPSA) is 46.2 Å². The van der Waals surface area contributed by atoms with E-state index >= 15 is 0 Å². The average Bonchev–Trinajstić information content (AvgIpc) is 2.23. The van der Waals surface area contributed by atoms with Crippen LogP contribution in [-0.4, -0.2) is 15.0 Å². The molecule has 1 N–H and O–H groups in total. The van der Waals surface area contributed by atoms with Crippen molar-refractivity contribution in [3.8, 4) is 0 Å². The van der Waals surface area contributed by atoms with Gasteiger partial charge in [0.25, 0.3) is 0 Å². The van der Waals surface area contributed by atoms with Crippen molar-refractivity contribution >= 4 is 10.0 Å². The van der Waals surface area contributed by atoms with Crippen molar-refractivity contribution in [3.63, 3.8) is 0 Å². The lowest BCUT2D eigenvalue weighted by atomic mass is 9.81. The molecule has 0 heterocycles. The molecule has 0 spiro atoms. The lowest BCUT2D eigenvalue weighted by Crippen LogP contribution is -2.32. The van der Waals surface area contributed by atoms with Crippen LogP contribution in [0.25, 0.3) is 0 Å². The Kier molecular flexibility index (Phi) is 3.35. The molecular formula is C13H17NO2S. The predicted octanol–water partition coefficient (Wildman–Crippen LogP) is 2.24. The molecule has 1 aliphatic carbocycles. The van der Waals surface area contributed by atoms with Gasteiger partial charge < -0.3 is 0 Å². The Labute approximate surface area is 103 Å². The highest BCUT2D eigenvalue weighted by atomic mass is 32.2. The maximum absolute atomic E-state index is 11.9. The summed E-state index contributed by atoms with van der Waals surface area (Å²) in [6, 6.07) is 6.88. The largest absolute Gasteiger partial charge is 0.240 e. The van der Waals surface area contributed by atoms with E-state index in [1.165, 1.54) is 5.57 Å². The number of hydrogen-bond acceptors (Lipinski definition) is 2. The highest BCUT2D eigenvalue weighted by Crippen LogP contribution is 2.30. The Balaban J connectivity index is 1.98. The van der Waals surface area contributed by atoms with Crippen molar-refractivity contribution in [2.24, 2.45) is 5.92 Å². The molecule has 3 nitrogen and oxygen atoms in total. The van der Waals surface area contributed by atoms with Crippen molar-refractivity contribution in [3.05, 3.63) is 42.0 Å². The number of sulfonamides is 1. The van der Waals surface area contributed by atoms with E-state index in [1.807, 2.05) is 6.92 Å². The van der Waals surface area contributed by atoms with Gasteiger partial charge in [0.2, 0.25) is 10.0 Å². The number of hydrogen-bond donors (Lipinski definition) is 1. The molecule has 0 unspecified atom stereocenters. The summed E-state index contributed by atoms with van der Waals surface area (Å²) < 4.78 is 26.5. The van der Waals surface area contributed by atoms with Crippen molar-refractivity contribution in [1.82, 2.24) is 4.72 Å². The zero-order valence-corrected chi connectivity index (χ0v) is 10.8. The molecule has 0 amide bonds. The Hall–Kier alpha value is -1.13. The monoisotopic (exact) mass is 251 g/mol. The third-order valence-corrected chi connectivity index (χ3v) is 4.49. The SMILES string of the molecule is C=C1CC(CNS(=O)(=O)c2ccc(C)cc2)C1. The number of aryl methyl sites for hydroxylation is 1. The van der Waals surface area contributed by atoms with Gasteiger partial charge in [-0.15, -0.1) is 0 Å². The van der Waals surface area contributed by atoms with Crippen LogP contribution in [0.2, 0.25) is 0 Å². The third-order valence-electron chi connectivity index (χ3n) is 3.05. The molecule has 0 atom stereocenters. The summed E-state index contributed by atoms with van der Waals surface area (Å²) in [7, 11) is -3.35. The second-order valence-electron chi connectivity index (χ2n) is 4.69. The van der Waals surface area contributed by atoms with E-state index in [0.717, 1.165) is 18.4 Å². The molecule has 2 rings (SSSR count). The normalized spacial score (nSPS) is 16.9. The van der Waals surface area contributed by atoms with E-state index in [0.29, 0.717) is 17.4 Å². The van der Waals surface area contributed by atoms with Crippen molar-refractivity contribution in [2.45, 2.75) is 24.7 Å². The van der Waals surface area contributed by atoms with Crippen molar-refractivity contribution in [1.29, 1.82) is 0 Å². The predicted molar refractivity (Wildman–Crippen MR) is 68.2 cm³/mol. The van der Waals surface area contributed by atoms with Gasteiger partial charge in [0.05, 0.1) is 4.90 Å². The molecule has 0 aliphatic heterocycles. The summed E-state index contributed by atoms with van der Waals surface area (Å²) in [5, 5.41) is 0. The van der Waals surface area contributed by atoms with E-state index in [9.17, 15) is 8.42 Å². The van der Waals surface area contributed by atoms with Gasteiger partial charge in [0.1, 0.15) is 0 Å². The smallest absolute Gasteiger partial charge is 0.211 e. The maximum Gasteiger partial charge on any atom is 0.240 e. The second-order valence-corrected chi connectivity index (χ2v) is 6.46. The summed E-state index contributed by atoms with van der Waals surface area (Å²) >= 11 is 0. The highest BCUT2D eigenvalue weighted by molar-refractivity contribution is 7.89. The van der Waals surface area contributed by atoms with Gasteiger partial charge in [-0.05, 0) is 37.8 Å². The van der Waals surface area contributed by atoms with Crippen LogP contribution in [0.4, 0.5) is 0 Å². The minimum atomic E-state index is -3.35. The average molecular weight is 251 g/mol. The highest BCUT2D eigenvalue weighted by Gasteiger charge is 2.23. The van der Waals surface area contributed by atoms with Crippen molar-refractivity contribution in [2.75, 3.05) is 6.54 Å². The first-order chi connectivity index (χ1) is 7.97. The molecule has 0 aromatic heterocycles. The minimum Gasteiger partial charge on any atom is -0.211 e. The van der Waals surface area contributed by atoms with E-state index < -0.39 is 10.0 Å². The molecule has 1 saturated carbocycles. The Bertz CT molecular complexity index is 509. The maximum atomic E-state index is 11.9. The summed E-state index contributed by atoms with van der Waals surface area (Å²) in [6.07, 6.45) is 1.88. The first-order valence-electron chi connectivity index (χ1n) is 5.70. The van der Waals surface area contributed by atoms with Crippen LogP contribution in [0.5, 0.6) is 0 Å². The van der Waals surface area contributed by atoms with E-state index in [4.69, 9.17) is 0 Å². The molecule has 0 bridgehead atoms. The lowest BCUT2D eigenvalue weighted by molar-refractivity contribution is 0.415. The van der Waals surface area contributed by atoms with Gasteiger partial charge in [0, 0.05) is 6.54 Å². The zero-order valence-electron chi connectivity index (χ0n) is 9.94. The van der Waals surface area contributed by atoms with Crippen LogP contribution in [-0.2, 0) is 10.0 Å². The number of benzene rings is 1. The zero-order chi connectivity index (χ0) is 12.5. The van der Waals surface area contributed by atoms with Crippen LogP contribution < -0.4 is 4.72 Å². The summed E-state index contributed by atoms with van der Waals surface area (Å²) in [5.41, 5.74) is 2.27. The lowest BCUT2D eigenvalue weighted by Gasteiger charge is -2.28. The second kappa shape index (κ2) is 4.63.